The third-order valence-corrected chi connectivity index (χ3v) is 3.46. The molecule has 1 N–H and O–H groups in total. The van der Waals surface area contributed by atoms with E-state index in [9.17, 15) is 19.7 Å². The smallest absolute Gasteiger partial charge is 0.343 e. The molecule has 0 saturated carbocycles. The molecule has 0 aliphatic heterocycles. The predicted octanol–water partition coefficient (Wildman–Crippen LogP) is 3.34. The van der Waals surface area contributed by atoms with E-state index in [4.69, 9.17) is 4.74 Å². The van der Waals surface area contributed by atoms with Gasteiger partial charge in [0, 0.05) is 24.2 Å². The van der Waals surface area contributed by atoms with E-state index >= 15 is 0 Å². The van der Waals surface area contributed by atoms with Crippen molar-refractivity contribution in [1.29, 1.82) is 0 Å². The lowest BCUT2D eigenvalue weighted by Crippen LogP contribution is -2.24. The molecule has 0 aliphatic rings. The standard InChI is InChI=1S/C18H18N2O5/c1-2-3-12-19-17(21)13-4-6-14(7-5-13)18(22)25-16-10-8-15(9-11-16)20(23)24/h4-11H,2-3,12H2,1H3,(H,19,21). The minimum atomic E-state index is -0.605. The number of esters is 1. The van der Waals surface area contributed by atoms with E-state index in [0.717, 1.165) is 12.8 Å². The second-order valence-corrected chi connectivity index (χ2v) is 5.33. The highest BCUT2D eigenvalue weighted by molar-refractivity contribution is 5.96. The van der Waals surface area contributed by atoms with Crippen LogP contribution in [0.2, 0.25) is 0 Å². The fourth-order valence-corrected chi connectivity index (χ4v) is 2.04. The van der Waals surface area contributed by atoms with E-state index in [-0.39, 0.29) is 22.9 Å². The number of amides is 1. The second kappa shape index (κ2) is 8.58. The van der Waals surface area contributed by atoms with Crippen molar-refractivity contribution in [2.75, 3.05) is 6.54 Å². The topological polar surface area (TPSA) is 98.5 Å². The van der Waals surface area contributed by atoms with Crippen LogP contribution >= 0.6 is 0 Å². The molecule has 2 rings (SSSR count). The molecule has 1 amide bonds. The lowest BCUT2D eigenvalue weighted by molar-refractivity contribution is -0.384. The van der Waals surface area contributed by atoms with Crippen molar-refractivity contribution in [1.82, 2.24) is 5.32 Å². The van der Waals surface area contributed by atoms with Crippen LogP contribution in [0.1, 0.15) is 40.5 Å². The number of carbonyl (C=O) groups excluding carboxylic acids is 2. The molecule has 0 fully saturated rings. The van der Waals surface area contributed by atoms with E-state index in [0.29, 0.717) is 12.1 Å². The maximum absolute atomic E-state index is 12.1. The molecule has 130 valence electrons. The summed E-state index contributed by atoms with van der Waals surface area (Å²) >= 11 is 0. The normalized spacial score (nSPS) is 10.1. The molecule has 7 nitrogen and oxygen atoms in total. The van der Waals surface area contributed by atoms with E-state index in [1.54, 1.807) is 12.1 Å². The molecular weight excluding hydrogens is 324 g/mol. The molecule has 25 heavy (non-hydrogen) atoms. The van der Waals surface area contributed by atoms with Crippen molar-refractivity contribution in [2.24, 2.45) is 0 Å². The lowest BCUT2D eigenvalue weighted by atomic mass is 10.1. The van der Waals surface area contributed by atoms with E-state index < -0.39 is 10.9 Å². The molecule has 0 saturated heterocycles. The summed E-state index contributed by atoms with van der Waals surface area (Å²) in [7, 11) is 0. The number of rotatable bonds is 7. The van der Waals surface area contributed by atoms with Crippen molar-refractivity contribution in [3.05, 3.63) is 69.8 Å². The minimum Gasteiger partial charge on any atom is -0.423 e. The minimum absolute atomic E-state index is 0.0850. The number of non-ortho nitro benzene ring substituents is 1. The van der Waals surface area contributed by atoms with Crippen LogP contribution in [0.5, 0.6) is 5.75 Å². The first-order chi connectivity index (χ1) is 12.0. The van der Waals surface area contributed by atoms with Crippen molar-refractivity contribution in [3.8, 4) is 5.75 Å². The lowest BCUT2D eigenvalue weighted by Gasteiger charge is -2.06. The Morgan fingerprint density at radius 1 is 1.04 bits per heavy atom. The number of carbonyl (C=O) groups is 2. The number of nitro benzene ring substituents is 1. The Morgan fingerprint density at radius 2 is 1.64 bits per heavy atom. The summed E-state index contributed by atoms with van der Waals surface area (Å²) in [4.78, 5) is 34.0. The number of nitrogens with one attached hydrogen (secondary N) is 1. The van der Waals surface area contributed by atoms with Crippen LogP contribution in [0.4, 0.5) is 5.69 Å². The van der Waals surface area contributed by atoms with Crippen molar-refractivity contribution < 1.29 is 19.2 Å². The summed E-state index contributed by atoms with van der Waals surface area (Å²) in [6, 6.07) is 11.3. The van der Waals surface area contributed by atoms with Gasteiger partial charge in [-0.15, -0.1) is 0 Å². The highest BCUT2D eigenvalue weighted by atomic mass is 16.6. The van der Waals surface area contributed by atoms with E-state index in [2.05, 4.69) is 5.32 Å². The summed E-state index contributed by atoms with van der Waals surface area (Å²) in [5.41, 5.74) is 0.657. The average molecular weight is 342 g/mol. The Bertz CT molecular complexity index is 754. The van der Waals surface area contributed by atoms with Gasteiger partial charge in [-0.1, -0.05) is 13.3 Å². The van der Waals surface area contributed by atoms with Crippen LogP contribution < -0.4 is 10.1 Å². The third kappa shape index (κ3) is 5.13. The Labute approximate surface area is 144 Å². The zero-order valence-corrected chi connectivity index (χ0v) is 13.7. The van der Waals surface area contributed by atoms with E-state index in [1.165, 1.54) is 36.4 Å². The summed E-state index contributed by atoms with van der Waals surface area (Å²) < 4.78 is 5.15. The van der Waals surface area contributed by atoms with Crippen LogP contribution in [-0.4, -0.2) is 23.3 Å². The molecule has 0 heterocycles. The average Bonchev–Trinajstić information content (AvgIpc) is 2.62. The highest BCUT2D eigenvalue weighted by Crippen LogP contribution is 2.18. The van der Waals surface area contributed by atoms with Gasteiger partial charge >= 0.3 is 5.97 Å². The molecule has 0 spiro atoms. The Hall–Kier alpha value is -3.22. The fraction of sp³-hybridized carbons (Fsp3) is 0.222. The molecule has 0 bridgehead atoms. The fourth-order valence-electron chi connectivity index (χ4n) is 2.04. The number of unbranched alkanes of at least 4 members (excludes halogenated alkanes) is 1. The first-order valence-electron chi connectivity index (χ1n) is 7.86. The zero-order chi connectivity index (χ0) is 18.2. The number of benzene rings is 2. The first-order valence-corrected chi connectivity index (χ1v) is 7.86. The predicted molar refractivity (Wildman–Crippen MR) is 91.7 cm³/mol. The number of ether oxygens (including phenoxy) is 1. The summed E-state index contributed by atoms with van der Waals surface area (Å²) in [5, 5.41) is 13.4. The largest absolute Gasteiger partial charge is 0.423 e. The molecule has 0 aliphatic carbocycles. The van der Waals surface area contributed by atoms with Gasteiger partial charge in [0.1, 0.15) is 5.75 Å². The van der Waals surface area contributed by atoms with Gasteiger partial charge in [-0.3, -0.25) is 14.9 Å². The second-order valence-electron chi connectivity index (χ2n) is 5.33. The molecule has 0 radical (unpaired) electrons. The molecule has 2 aromatic carbocycles. The maximum Gasteiger partial charge on any atom is 0.343 e. The van der Waals surface area contributed by atoms with Crippen LogP contribution in [0.25, 0.3) is 0 Å². The van der Waals surface area contributed by atoms with Gasteiger partial charge in [-0.05, 0) is 42.8 Å². The van der Waals surface area contributed by atoms with Gasteiger partial charge in [0.2, 0.25) is 0 Å². The Kier molecular flexibility index (Phi) is 6.22. The SMILES string of the molecule is CCCCNC(=O)c1ccc(C(=O)Oc2ccc([N+](=O)[O-])cc2)cc1. The van der Waals surface area contributed by atoms with Crippen molar-refractivity contribution in [3.63, 3.8) is 0 Å². The molecule has 0 unspecified atom stereocenters. The molecule has 7 heteroatoms. The first kappa shape index (κ1) is 18.1. The summed E-state index contributed by atoms with van der Waals surface area (Å²) in [6.07, 6.45) is 1.90. The maximum atomic E-state index is 12.1. The van der Waals surface area contributed by atoms with Gasteiger partial charge in [-0.2, -0.15) is 0 Å². The quantitative estimate of drug-likeness (QED) is 0.273. The van der Waals surface area contributed by atoms with Gasteiger partial charge < -0.3 is 10.1 Å². The summed E-state index contributed by atoms with van der Waals surface area (Å²) in [5.74, 6) is -0.590. The van der Waals surface area contributed by atoms with Crippen LogP contribution in [0, 0.1) is 10.1 Å². The number of hydrogen-bond donors (Lipinski definition) is 1. The van der Waals surface area contributed by atoms with Crippen molar-refractivity contribution >= 4 is 17.6 Å². The van der Waals surface area contributed by atoms with Crippen molar-refractivity contribution in [2.45, 2.75) is 19.8 Å². The molecule has 0 aromatic heterocycles. The number of nitro groups is 1. The summed E-state index contributed by atoms with van der Waals surface area (Å²) in [6.45, 7) is 2.65. The van der Waals surface area contributed by atoms with Gasteiger partial charge in [-0.25, -0.2) is 4.79 Å². The van der Waals surface area contributed by atoms with Gasteiger partial charge in [0.15, 0.2) is 0 Å². The number of nitrogens with zero attached hydrogens (tertiary/aromatic N) is 1. The zero-order valence-electron chi connectivity index (χ0n) is 13.7. The Balaban J connectivity index is 1.97. The van der Waals surface area contributed by atoms with Gasteiger partial charge in [0.05, 0.1) is 10.5 Å². The highest BCUT2D eigenvalue weighted by Gasteiger charge is 2.12. The molecular formula is C18H18N2O5. The van der Waals surface area contributed by atoms with Crippen LogP contribution in [0.3, 0.4) is 0 Å². The monoisotopic (exact) mass is 342 g/mol. The van der Waals surface area contributed by atoms with Crippen LogP contribution in [0.15, 0.2) is 48.5 Å². The van der Waals surface area contributed by atoms with Gasteiger partial charge in [0.25, 0.3) is 11.6 Å². The van der Waals surface area contributed by atoms with E-state index in [1.807, 2.05) is 6.92 Å². The molecule has 0 atom stereocenters. The molecule has 2 aromatic rings. The third-order valence-electron chi connectivity index (χ3n) is 3.46. The number of hydrogen-bond acceptors (Lipinski definition) is 5. The Morgan fingerprint density at radius 3 is 2.20 bits per heavy atom. The van der Waals surface area contributed by atoms with Crippen LogP contribution in [-0.2, 0) is 0 Å².